The summed E-state index contributed by atoms with van der Waals surface area (Å²) in [6, 6.07) is 4.11. The Morgan fingerprint density at radius 2 is 2.16 bits per heavy atom. The Balaban J connectivity index is 1.44. The first-order chi connectivity index (χ1) is 14.8. The second-order valence-corrected chi connectivity index (χ2v) is 8.02. The number of carbonyl (C=O) groups excluding carboxylic acids is 1. The van der Waals surface area contributed by atoms with Gasteiger partial charge in [-0.1, -0.05) is 0 Å². The number of aryl methyl sites for hydroxylation is 1. The van der Waals surface area contributed by atoms with Gasteiger partial charge in [-0.25, -0.2) is 14.8 Å². The SMILES string of the molecule is Cc1cc(OC(F)F)ccc1NC(=O)N1CCN(c2nc(N)nc3scnc23)[C@@H](C)C1. The van der Waals surface area contributed by atoms with Gasteiger partial charge in [0.05, 0.1) is 5.51 Å². The van der Waals surface area contributed by atoms with E-state index in [0.717, 1.165) is 4.83 Å². The number of alkyl halides is 2. The zero-order valence-electron chi connectivity index (χ0n) is 16.9. The Labute approximate surface area is 180 Å². The number of fused-ring (bicyclic) bond motifs is 1. The quantitative estimate of drug-likeness (QED) is 0.629. The summed E-state index contributed by atoms with van der Waals surface area (Å²) >= 11 is 1.40. The number of carbonyl (C=O) groups is 1. The van der Waals surface area contributed by atoms with Crippen molar-refractivity contribution in [1.29, 1.82) is 0 Å². The molecule has 12 heteroatoms. The van der Waals surface area contributed by atoms with Crippen molar-refractivity contribution in [2.45, 2.75) is 26.5 Å². The zero-order valence-corrected chi connectivity index (χ0v) is 17.7. The highest BCUT2D eigenvalue weighted by Gasteiger charge is 2.29. The van der Waals surface area contributed by atoms with Gasteiger partial charge in [0.2, 0.25) is 5.95 Å². The molecule has 31 heavy (non-hydrogen) atoms. The Kier molecular flexibility index (Phi) is 5.72. The van der Waals surface area contributed by atoms with Crippen molar-refractivity contribution in [3.63, 3.8) is 0 Å². The van der Waals surface area contributed by atoms with Crippen LogP contribution in [0.1, 0.15) is 12.5 Å². The number of thiazole rings is 1. The Morgan fingerprint density at radius 3 is 2.87 bits per heavy atom. The Bertz CT molecular complexity index is 1110. The lowest BCUT2D eigenvalue weighted by Crippen LogP contribution is -2.55. The Morgan fingerprint density at radius 1 is 1.35 bits per heavy atom. The van der Waals surface area contributed by atoms with Crippen LogP contribution in [0.3, 0.4) is 0 Å². The average molecular weight is 449 g/mol. The third-order valence-electron chi connectivity index (χ3n) is 5.05. The molecule has 9 nitrogen and oxygen atoms in total. The van der Waals surface area contributed by atoms with E-state index in [2.05, 4.69) is 29.9 Å². The van der Waals surface area contributed by atoms with E-state index in [1.54, 1.807) is 23.4 Å². The molecule has 3 N–H and O–H groups in total. The molecule has 1 atom stereocenters. The number of aromatic nitrogens is 3. The van der Waals surface area contributed by atoms with Gasteiger partial charge < -0.3 is 25.6 Å². The van der Waals surface area contributed by atoms with Crippen molar-refractivity contribution >= 4 is 45.2 Å². The van der Waals surface area contributed by atoms with Crippen molar-refractivity contribution in [2.24, 2.45) is 0 Å². The van der Waals surface area contributed by atoms with Crippen LogP contribution in [-0.2, 0) is 0 Å². The van der Waals surface area contributed by atoms with Crippen LogP contribution in [-0.4, -0.2) is 58.2 Å². The minimum absolute atomic E-state index is 0.0263. The normalized spacial score (nSPS) is 16.7. The molecule has 2 amide bonds. The van der Waals surface area contributed by atoms with Crippen LogP contribution in [0.2, 0.25) is 0 Å². The van der Waals surface area contributed by atoms with E-state index >= 15 is 0 Å². The van der Waals surface area contributed by atoms with Gasteiger partial charge in [0.1, 0.15) is 11.3 Å². The van der Waals surface area contributed by atoms with Gasteiger partial charge in [-0.15, -0.1) is 11.3 Å². The van der Waals surface area contributed by atoms with E-state index in [4.69, 9.17) is 5.73 Å². The van der Waals surface area contributed by atoms with Gasteiger partial charge in [-0.3, -0.25) is 0 Å². The average Bonchev–Trinajstić information content (AvgIpc) is 3.17. The zero-order chi connectivity index (χ0) is 22.1. The lowest BCUT2D eigenvalue weighted by molar-refractivity contribution is -0.0498. The molecule has 0 radical (unpaired) electrons. The number of hydrogen-bond acceptors (Lipinski definition) is 8. The fourth-order valence-electron chi connectivity index (χ4n) is 3.57. The van der Waals surface area contributed by atoms with Gasteiger partial charge in [0, 0.05) is 31.4 Å². The first-order valence-corrected chi connectivity index (χ1v) is 10.4. The summed E-state index contributed by atoms with van der Waals surface area (Å²) in [5.74, 6) is 0.904. The molecule has 1 aromatic carbocycles. The summed E-state index contributed by atoms with van der Waals surface area (Å²) in [4.78, 5) is 30.2. The fourth-order valence-corrected chi connectivity index (χ4v) is 4.23. The molecular weight excluding hydrogens is 428 g/mol. The number of ether oxygens (including phenoxy) is 1. The van der Waals surface area contributed by atoms with Crippen molar-refractivity contribution in [3.8, 4) is 5.75 Å². The van der Waals surface area contributed by atoms with Gasteiger partial charge in [-0.05, 0) is 37.6 Å². The fraction of sp³-hybridized carbons (Fsp3) is 0.368. The molecule has 1 aliphatic heterocycles. The maximum absolute atomic E-state index is 12.8. The lowest BCUT2D eigenvalue weighted by atomic mass is 10.1. The van der Waals surface area contributed by atoms with E-state index < -0.39 is 6.61 Å². The molecule has 1 fully saturated rings. The van der Waals surface area contributed by atoms with E-state index in [0.29, 0.717) is 42.2 Å². The molecule has 1 aliphatic rings. The number of anilines is 3. The van der Waals surface area contributed by atoms with Gasteiger partial charge in [-0.2, -0.15) is 13.8 Å². The second kappa shape index (κ2) is 8.46. The van der Waals surface area contributed by atoms with Crippen molar-refractivity contribution in [3.05, 3.63) is 29.3 Å². The molecule has 0 spiro atoms. The molecule has 0 bridgehead atoms. The molecular formula is C19H21F2N7O2S. The van der Waals surface area contributed by atoms with Crippen LogP contribution in [0.25, 0.3) is 10.3 Å². The number of halogens is 2. The predicted molar refractivity (Wildman–Crippen MR) is 115 cm³/mol. The number of nitrogens with one attached hydrogen (secondary N) is 1. The largest absolute Gasteiger partial charge is 0.435 e. The van der Waals surface area contributed by atoms with Crippen molar-refractivity contribution in [2.75, 3.05) is 35.6 Å². The molecule has 3 aromatic rings. The van der Waals surface area contributed by atoms with E-state index in [1.165, 1.54) is 23.5 Å². The summed E-state index contributed by atoms with van der Waals surface area (Å²) in [6.45, 7) is 2.31. The highest BCUT2D eigenvalue weighted by molar-refractivity contribution is 7.16. The molecule has 2 aromatic heterocycles. The number of piperazine rings is 1. The van der Waals surface area contributed by atoms with Crippen LogP contribution >= 0.6 is 11.3 Å². The van der Waals surface area contributed by atoms with Gasteiger partial charge in [0.25, 0.3) is 0 Å². The van der Waals surface area contributed by atoms with E-state index in [-0.39, 0.29) is 23.8 Å². The molecule has 1 saturated heterocycles. The number of rotatable bonds is 4. The number of amides is 2. The highest BCUT2D eigenvalue weighted by atomic mass is 32.1. The van der Waals surface area contributed by atoms with Crippen LogP contribution in [0.5, 0.6) is 5.75 Å². The molecule has 0 unspecified atom stereocenters. The van der Waals surface area contributed by atoms with Gasteiger partial charge >= 0.3 is 12.6 Å². The van der Waals surface area contributed by atoms with Crippen LogP contribution in [0.4, 0.5) is 31.0 Å². The summed E-state index contributed by atoms with van der Waals surface area (Å²) in [5.41, 5.74) is 9.42. The molecule has 0 saturated carbocycles. The topological polar surface area (TPSA) is 110 Å². The molecule has 4 rings (SSSR count). The highest BCUT2D eigenvalue weighted by Crippen LogP contribution is 2.29. The summed E-state index contributed by atoms with van der Waals surface area (Å²) < 4.78 is 29.1. The van der Waals surface area contributed by atoms with Crippen molar-refractivity contribution < 1.29 is 18.3 Å². The summed E-state index contributed by atoms with van der Waals surface area (Å²) in [5, 5.41) is 2.84. The van der Waals surface area contributed by atoms with Crippen LogP contribution < -0.4 is 20.7 Å². The smallest absolute Gasteiger partial charge is 0.387 e. The first kappa shape index (κ1) is 21.0. The molecule has 3 heterocycles. The number of hydrogen-bond donors (Lipinski definition) is 2. The molecule has 164 valence electrons. The van der Waals surface area contributed by atoms with Gasteiger partial charge in [0.15, 0.2) is 10.6 Å². The minimum Gasteiger partial charge on any atom is -0.435 e. The van der Waals surface area contributed by atoms with E-state index in [9.17, 15) is 13.6 Å². The number of nitrogen functional groups attached to an aromatic ring is 1. The standard InChI is InChI=1S/C19H21F2N7O2S/c1-10-7-12(30-17(20)21)3-4-13(10)24-19(29)27-5-6-28(11(2)8-27)15-14-16(31-9-23-14)26-18(22)25-15/h3-4,7,9,11,17H,5-6,8H2,1-2H3,(H,24,29)(H2,22,25,26)/t11-/m0/s1. The first-order valence-electron chi connectivity index (χ1n) is 9.56. The maximum atomic E-state index is 12.8. The van der Waals surface area contributed by atoms with Crippen LogP contribution in [0, 0.1) is 6.92 Å². The minimum atomic E-state index is -2.90. The third kappa shape index (κ3) is 4.43. The summed E-state index contributed by atoms with van der Waals surface area (Å²) in [6.07, 6.45) is 0. The number of benzene rings is 1. The Hall–Kier alpha value is -3.28. The summed E-state index contributed by atoms with van der Waals surface area (Å²) in [7, 11) is 0. The lowest BCUT2D eigenvalue weighted by Gasteiger charge is -2.40. The monoisotopic (exact) mass is 449 g/mol. The van der Waals surface area contributed by atoms with E-state index in [1.807, 2.05) is 6.92 Å². The number of urea groups is 1. The number of nitrogens with two attached hydrogens (primary N) is 1. The van der Waals surface area contributed by atoms with Crippen LogP contribution in [0.15, 0.2) is 23.7 Å². The number of nitrogens with zero attached hydrogens (tertiary/aromatic N) is 5. The van der Waals surface area contributed by atoms with Crippen molar-refractivity contribution in [1.82, 2.24) is 19.9 Å². The maximum Gasteiger partial charge on any atom is 0.387 e. The predicted octanol–water partition coefficient (Wildman–Crippen LogP) is 3.32. The second-order valence-electron chi connectivity index (χ2n) is 7.19. The molecule has 0 aliphatic carbocycles. The third-order valence-corrected chi connectivity index (χ3v) is 5.77.